The van der Waals surface area contributed by atoms with E-state index in [1.165, 1.54) is 7.11 Å². The number of hydrogen-bond donors (Lipinski definition) is 2. The van der Waals surface area contributed by atoms with Gasteiger partial charge >= 0.3 is 5.97 Å². The molecule has 6 atom stereocenters. The second kappa shape index (κ2) is 5.32. The van der Waals surface area contributed by atoms with Gasteiger partial charge in [0.25, 0.3) is 0 Å². The molecule has 0 aromatic heterocycles. The Kier molecular flexibility index (Phi) is 3.25. The van der Waals surface area contributed by atoms with Crippen LogP contribution < -0.4 is 10.1 Å². The van der Waals surface area contributed by atoms with Crippen LogP contribution in [0.1, 0.15) is 31.2 Å². The number of para-hydroxylation sites is 1. The van der Waals surface area contributed by atoms with Crippen LogP contribution in [0.4, 0.5) is 5.69 Å². The lowest BCUT2D eigenvalue weighted by atomic mass is 9.41. The van der Waals surface area contributed by atoms with Gasteiger partial charge in [-0.1, -0.05) is 12.1 Å². The summed E-state index contributed by atoms with van der Waals surface area (Å²) in [6.45, 7) is 1.38. The Morgan fingerprint density at radius 2 is 2.14 bits per heavy atom. The molecule has 7 nitrogen and oxygen atoms in total. The summed E-state index contributed by atoms with van der Waals surface area (Å²) in [7, 11) is 3.03. The van der Waals surface area contributed by atoms with Crippen LogP contribution in [0, 0.1) is 11.3 Å². The Morgan fingerprint density at radius 1 is 1.31 bits per heavy atom. The Labute approximate surface area is 169 Å². The van der Waals surface area contributed by atoms with Crippen molar-refractivity contribution in [3.63, 3.8) is 0 Å². The van der Waals surface area contributed by atoms with Gasteiger partial charge in [-0.25, -0.2) is 4.79 Å². The lowest BCUT2D eigenvalue weighted by Crippen LogP contribution is -2.78. The molecule has 1 spiro atoms. The molecule has 7 heteroatoms. The number of hydrogen-bond acceptors (Lipinski definition) is 7. The first-order valence-corrected chi connectivity index (χ1v) is 10.4. The van der Waals surface area contributed by atoms with Crippen LogP contribution in [0.15, 0.2) is 18.2 Å². The Bertz CT molecular complexity index is 949. The van der Waals surface area contributed by atoms with Crippen LogP contribution in [0.25, 0.3) is 0 Å². The fourth-order valence-corrected chi connectivity index (χ4v) is 7.94. The maximum atomic E-state index is 13.6. The van der Waals surface area contributed by atoms with Crippen LogP contribution in [0.3, 0.4) is 0 Å². The molecular formula is C22H26N2O5. The molecule has 1 aromatic carbocycles. The van der Waals surface area contributed by atoms with Crippen molar-refractivity contribution in [2.75, 3.05) is 32.6 Å². The van der Waals surface area contributed by atoms with E-state index in [9.17, 15) is 14.7 Å². The van der Waals surface area contributed by atoms with E-state index < -0.39 is 22.5 Å². The summed E-state index contributed by atoms with van der Waals surface area (Å²) in [5.41, 5.74) is -0.534. The highest BCUT2D eigenvalue weighted by Crippen LogP contribution is 2.73. The minimum atomic E-state index is -1.03. The smallest absolute Gasteiger partial charge is 0.332 e. The van der Waals surface area contributed by atoms with Gasteiger partial charge in [-0.15, -0.1) is 0 Å². The quantitative estimate of drug-likeness (QED) is 0.721. The highest BCUT2D eigenvalue weighted by Gasteiger charge is 2.83. The van der Waals surface area contributed by atoms with Crippen molar-refractivity contribution < 1.29 is 24.2 Å². The number of ether oxygens (including phenoxy) is 2. The second-order valence-electron chi connectivity index (χ2n) is 9.40. The molecule has 1 unspecified atom stereocenters. The minimum absolute atomic E-state index is 0.0739. The van der Waals surface area contributed by atoms with Crippen molar-refractivity contribution in [1.82, 2.24) is 4.90 Å². The van der Waals surface area contributed by atoms with Crippen molar-refractivity contribution in [1.29, 1.82) is 0 Å². The van der Waals surface area contributed by atoms with Crippen LogP contribution in [-0.4, -0.2) is 66.8 Å². The molecule has 3 heterocycles. The van der Waals surface area contributed by atoms with Crippen LogP contribution >= 0.6 is 0 Å². The summed E-state index contributed by atoms with van der Waals surface area (Å²) in [5, 5.41) is 14.7. The third-order valence-electron chi connectivity index (χ3n) is 8.79. The summed E-state index contributed by atoms with van der Waals surface area (Å²) >= 11 is 0. The topological polar surface area (TPSA) is 88.1 Å². The number of fused-ring (bicyclic) bond motifs is 1. The molecule has 5 aliphatic rings. The number of aliphatic hydroxyl groups is 1. The van der Waals surface area contributed by atoms with Crippen molar-refractivity contribution in [2.24, 2.45) is 11.3 Å². The molecule has 2 N–H and O–H groups in total. The lowest BCUT2D eigenvalue weighted by Gasteiger charge is -2.65. The molecule has 2 saturated carbocycles. The Morgan fingerprint density at radius 3 is 2.90 bits per heavy atom. The molecule has 0 radical (unpaired) electrons. The fourth-order valence-electron chi connectivity index (χ4n) is 7.94. The molecule has 2 aliphatic carbocycles. The van der Waals surface area contributed by atoms with E-state index in [1.54, 1.807) is 7.11 Å². The number of nitrogens with one attached hydrogen (secondary N) is 1. The molecule has 154 valence electrons. The molecular weight excluding hydrogens is 372 g/mol. The number of aliphatic hydroxyl groups excluding tert-OH is 1. The third-order valence-corrected chi connectivity index (χ3v) is 8.79. The number of piperidine rings is 1. The molecule has 2 saturated heterocycles. The number of carbonyl (C=O) groups is 2. The number of benzene rings is 1. The van der Waals surface area contributed by atoms with Crippen molar-refractivity contribution >= 4 is 17.4 Å². The van der Waals surface area contributed by atoms with E-state index in [0.717, 1.165) is 17.8 Å². The minimum Gasteiger partial charge on any atom is -0.495 e. The maximum absolute atomic E-state index is 13.6. The van der Waals surface area contributed by atoms with E-state index >= 15 is 0 Å². The van der Waals surface area contributed by atoms with Gasteiger partial charge in [0.1, 0.15) is 17.1 Å². The third kappa shape index (κ3) is 1.64. The number of nitrogens with zero attached hydrogens (tertiary/aromatic N) is 1. The van der Waals surface area contributed by atoms with E-state index in [1.807, 2.05) is 18.2 Å². The molecule has 4 fully saturated rings. The van der Waals surface area contributed by atoms with Gasteiger partial charge in [0, 0.05) is 36.9 Å². The monoisotopic (exact) mass is 398 g/mol. The number of anilines is 1. The number of Topliss-reactive ketones (excluding diaryl/α,β-unsaturated/α-hetero) is 1. The highest BCUT2D eigenvalue weighted by atomic mass is 16.5. The Hall–Kier alpha value is -2.12. The second-order valence-corrected chi connectivity index (χ2v) is 9.40. The average molecular weight is 398 g/mol. The van der Waals surface area contributed by atoms with E-state index in [0.29, 0.717) is 38.0 Å². The zero-order valence-electron chi connectivity index (χ0n) is 16.7. The zero-order valence-corrected chi connectivity index (χ0v) is 16.7. The normalized spacial score (nSPS) is 44.0. The van der Waals surface area contributed by atoms with Gasteiger partial charge in [0.05, 0.1) is 31.4 Å². The number of methoxy groups -OCH3 is 2. The van der Waals surface area contributed by atoms with Crippen LogP contribution in [0.5, 0.6) is 5.75 Å². The maximum Gasteiger partial charge on any atom is 0.332 e. The van der Waals surface area contributed by atoms with Gasteiger partial charge in [-0.2, -0.15) is 0 Å². The van der Waals surface area contributed by atoms with Gasteiger partial charge in [-0.05, 0) is 30.9 Å². The van der Waals surface area contributed by atoms with Crippen LogP contribution in [0.2, 0.25) is 0 Å². The summed E-state index contributed by atoms with van der Waals surface area (Å²) in [5.74, 6) is 0.203. The van der Waals surface area contributed by atoms with Gasteiger partial charge in [0.15, 0.2) is 0 Å². The zero-order chi connectivity index (χ0) is 20.2. The predicted molar refractivity (Wildman–Crippen MR) is 104 cm³/mol. The van der Waals surface area contributed by atoms with Crippen molar-refractivity contribution in [2.45, 2.75) is 48.8 Å². The highest BCUT2D eigenvalue weighted by molar-refractivity contribution is 5.99. The summed E-state index contributed by atoms with van der Waals surface area (Å²) in [4.78, 5) is 29.4. The first-order chi connectivity index (χ1) is 14.0. The van der Waals surface area contributed by atoms with Crippen molar-refractivity contribution in [3.8, 4) is 5.75 Å². The first-order valence-electron chi connectivity index (χ1n) is 10.4. The summed E-state index contributed by atoms with van der Waals surface area (Å²) in [6, 6.07) is 5.77. The molecule has 6 rings (SSSR count). The summed E-state index contributed by atoms with van der Waals surface area (Å²) in [6.07, 6.45) is 1.69. The Balaban J connectivity index is 1.72. The number of rotatable bonds is 2. The molecule has 0 amide bonds. The fraction of sp³-hybridized carbons (Fsp3) is 0.636. The molecule has 3 aliphatic heterocycles. The molecule has 29 heavy (non-hydrogen) atoms. The standard InChI is InChI=1S/C22H26N2O5/c1-28-15-5-3-4-12-17(15)23-21(19(27)29-2)8-7-20-10-14(25)13-11-24(9-6-16(20)26)18(20)22(12,13)21/h3-5,13,16,18,23,26H,6-11H2,1-2H3/t13?,16-,18+,20+,21+,22+/m0/s1. The van der Waals surface area contributed by atoms with Gasteiger partial charge < -0.3 is 19.9 Å². The average Bonchev–Trinajstić information content (AvgIpc) is 3.21. The number of carbonyl (C=O) groups excluding carboxylic acids is 2. The lowest BCUT2D eigenvalue weighted by molar-refractivity contribution is -0.178. The number of esters is 1. The van der Waals surface area contributed by atoms with E-state index in [2.05, 4.69) is 10.2 Å². The SMILES string of the molecule is COC(=O)[C@]12CC[C@@]34CC(=O)C5CN(CC[C@@H]3O)[C@H]4[C@@]51c1cccc(OC)c1N2. The molecule has 1 aromatic rings. The first kappa shape index (κ1) is 17.7. The van der Waals surface area contributed by atoms with E-state index in [4.69, 9.17) is 9.47 Å². The van der Waals surface area contributed by atoms with Crippen LogP contribution in [-0.2, 0) is 19.7 Å². The largest absolute Gasteiger partial charge is 0.495 e. The number of ketones is 1. The summed E-state index contributed by atoms with van der Waals surface area (Å²) < 4.78 is 11.0. The van der Waals surface area contributed by atoms with Crippen molar-refractivity contribution in [3.05, 3.63) is 23.8 Å². The van der Waals surface area contributed by atoms with E-state index in [-0.39, 0.29) is 23.7 Å². The molecule has 4 bridgehead atoms. The van der Waals surface area contributed by atoms with Gasteiger partial charge in [0.2, 0.25) is 0 Å². The van der Waals surface area contributed by atoms with Gasteiger partial charge in [-0.3, -0.25) is 9.69 Å². The predicted octanol–water partition coefficient (Wildman–Crippen LogP) is 1.09.